The molecule has 4 heterocycles. The molecule has 0 aliphatic rings. The van der Waals surface area contributed by atoms with E-state index in [0.717, 1.165) is 33.1 Å². The van der Waals surface area contributed by atoms with Crippen LogP contribution < -0.4 is 4.57 Å². The summed E-state index contributed by atoms with van der Waals surface area (Å²) in [6, 6.07) is 12.6. The highest BCUT2D eigenvalue weighted by Gasteiger charge is 2.25. The van der Waals surface area contributed by atoms with Crippen LogP contribution in [0.2, 0.25) is 0 Å². The van der Waals surface area contributed by atoms with E-state index in [1.165, 1.54) is 21.9 Å². The first-order chi connectivity index (χ1) is 11.8. The van der Waals surface area contributed by atoms with Gasteiger partial charge in [-0.15, -0.1) is 0 Å². The molecule has 6 aromatic rings. The number of aromatic nitrogens is 3. The fourth-order valence-electron chi connectivity index (χ4n) is 4.18. The number of nitrogens with zero attached hydrogens (tertiary/aromatic N) is 3. The third-order valence-electron chi connectivity index (χ3n) is 5.16. The second kappa shape index (κ2) is 3.85. The van der Waals surface area contributed by atoms with Gasteiger partial charge in [0.2, 0.25) is 0 Å². The molecule has 4 nitrogen and oxygen atoms in total. The van der Waals surface area contributed by atoms with Crippen LogP contribution in [0.3, 0.4) is 0 Å². The second-order valence-electron chi connectivity index (χ2n) is 6.50. The fraction of sp³-hybridized carbons (Fsp3) is 0.100. The van der Waals surface area contributed by atoms with Gasteiger partial charge in [0.15, 0.2) is 17.3 Å². The van der Waals surface area contributed by atoms with Gasteiger partial charge >= 0.3 is 0 Å². The van der Waals surface area contributed by atoms with Gasteiger partial charge in [0.1, 0.15) is 16.6 Å². The molecule has 0 saturated heterocycles. The SMILES string of the molecule is Cc1ccc2oc3c4ccccc4n4c5cnc[n+](C)c5c1c2c34. The molecule has 0 bridgehead atoms. The molecule has 0 N–H and O–H groups in total. The molecule has 0 aliphatic carbocycles. The number of hydrogen-bond acceptors (Lipinski definition) is 2. The zero-order valence-electron chi connectivity index (χ0n) is 13.4. The first-order valence-electron chi connectivity index (χ1n) is 8.05. The zero-order chi connectivity index (χ0) is 16.0. The molecule has 0 radical (unpaired) electrons. The summed E-state index contributed by atoms with van der Waals surface area (Å²) in [6.45, 7) is 2.16. The fourth-order valence-corrected chi connectivity index (χ4v) is 4.18. The first kappa shape index (κ1) is 12.3. The van der Waals surface area contributed by atoms with E-state index in [-0.39, 0.29) is 0 Å². The molecule has 0 fully saturated rings. The lowest BCUT2D eigenvalue weighted by Crippen LogP contribution is -2.30. The van der Waals surface area contributed by atoms with Gasteiger partial charge in [-0.1, -0.05) is 23.2 Å². The topological polar surface area (TPSA) is 34.3 Å². The van der Waals surface area contributed by atoms with Gasteiger partial charge in [-0.2, -0.15) is 0 Å². The smallest absolute Gasteiger partial charge is 0.286 e. The van der Waals surface area contributed by atoms with Crippen molar-refractivity contribution in [2.24, 2.45) is 7.05 Å². The maximum atomic E-state index is 6.28. The number of pyridine rings is 1. The minimum Gasteiger partial charge on any atom is -0.454 e. The zero-order valence-corrected chi connectivity index (χ0v) is 13.4. The Morgan fingerprint density at radius 2 is 1.92 bits per heavy atom. The highest BCUT2D eigenvalue weighted by atomic mass is 16.3. The number of hydrogen-bond donors (Lipinski definition) is 0. The van der Waals surface area contributed by atoms with Crippen molar-refractivity contribution in [3.63, 3.8) is 0 Å². The predicted molar refractivity (Wildman–Crippen MR) is 94.6 cm³/mol. The molecule has 0 amide bonds. The molecule has 4 aromatic heterocycles. The van der Waals surface area contributed by atoms with Crippen molar-refractivity contribution in [2.45, 2.75) is 6.92 Å². The van der Waals surface area contributed by atoms with Gasteiger partial charge < -0.3 is 4.42 Å². The molecule has 0 unspecified atom stereocenters. The van der Waals surface area contributed by atoms with Crippen LogP contribution in [-0.2, 0) is 7.05 Å². The van der Waals surface area contributed by atoms with Crippen molar-refractivity contribution in [3.05, 3.63) is 54.5 Å². The number of benzene rings is 2. The molecular weight excluding hydrogens is 298 g/mol. The van der Waals surface area contributed by atoms with Crippen molar-refractivity contribution in [1.29, 1.82) is 0 Å². The maximum absolute atomic E-state index is 6.28. The van der Waals surface area contributed by atoms with Gasteiger partial charge in [-0.25, -0.2) is 4.57 Å². The molecule has 6 rings (SSSR count). The minimum atomic E-state index is 0.947. The number of para-hydroxylation sites is 1. The van der Waals surface area contributed by atoms with Crippen molar-refractivity contribution in [3.8, 4) is 0 Å². The van der Waals surface area contributed by atoms with Crippen LogP contribution in [0.15, 0.2) is 53.3 Å². The standard InChI is InChI=1S/C20H14N3O/c1-11-7-8-15-17-16(11)18-14(9-21-10-22(18)2)23-13-6-4-3-5-12(13)20(24-15)19(17)23/h3-10H,1-2H3/q+1. The molecular formula is C20H14N3O+. The van der Waals surface area contributed by atoms with Crippen LogP contribution in [0.1, 0.15) is 5.56 Å². The van der Waals surface area contributed by atoms with Crippen LogP contribution >= 0.6 is 0 Å². The summed E-state index contributed by atoms with van der Waals surface area (Å²) < 4.78 is 10.7. The Morgan fingerprint density at radius 3 is 2.83 bits per heavy atom. The lowest BCUT2D eigenvalue weighted by molar-refractivity contribution is -0.647. The van der Waals surface area contributed by atoms with Crippen LogP contribution in [0.5, 0.6) is 0 Å². The average molecular weight is 312 g/mol. The molecule has 4 heteroatoms. The molecule has 0 atom stereocenters. The monoisotopic (exact) mass is 312 g/mol. The normalized spacial score (nSPS) is 12.6. The van der Waals surface area contributed by atoms with Gasteiger partial charge in [-0.3, -0.25) is 4.40 Å². The Bertz CT molecular complexity index is 1420. The molecule has 2 aromatic carbocycles. The lowest BCUT2D eigenvalue weighted by Gasteiger charge is -2.09. The Morgan fingerprint density at radius 1 is 1.04 bits per heavy atom. The van der Waals surface area contributed by atoms with Crippen molar-refractivity contribution >= 4 is 49.4 Å². The van der Waals surface area contributed by atoms with Crippen LogP contribution in [0, 0.1) is 6.92 Å². The average Bonchev–Trinajstić information content (AvgIpc) is 3.12. The van der Waals surface area contributed by atoms with E-state index < -0.39 is 0 Å². The van der Waals surface area contributed by atoms with Gasteiger partial charge in [-0.05, 0) is 30.7 Å². The Kier molecular flexibility index (Phi) is 1.97. The summed E-state index contributed by atoms with van der Waals surface area (Å²) in [5.74, 6) is 0. The van der Waals surface area contributed by atoms with Crippen LogP contribution in [-0.4, -0.2) is 9.38 Å². The van der Waals surface area contributed by atoms with E-state index in [0.29, 0.717) is 0 Å². The molecule has 24 heavy (non-hydrogen) atoms. The maximum Gasteiger partial charge on any atom is 0.286 e. The van der Waals surface area contributed by atoms with Crippen molar-refractivity contribution < 1.29 is 8.98 Å². The van der Waals surface area contributed by atoms with E-state index in [1.54, 1.807) is 0 Å². The third-order valence-corrected chi connectivity index (χ3v) is 5.16. The summed E-state index contributed by atoms with van der Waals surface area (Å²) in [6.07, 6.45) is 3.82. The highest BCUT2D eigenvalue weighted by molar-refractivity contribution is 6.26. The number of fused-ring (bicyclic) bond motifs is 6. The van der Waals surface area contributed by atoms with E-state index in [4.69, 9.17) is 4.42 Å². The summed E-state index contributed by atoms with van der Waals surface area (Å²) in [5, 5.41) is 3.60. The molecule has 0 saturated carbocycles. The Hall–Kier alpha value is -3.14. The summed E-state index contributed by atoms with van der Waals surface area (Å²) in [5.41, 5.74) is 7.78. The number of furan rings is 1. The third kappa shape index (κ3) is 1.20. The summed E-state index contributed by atoms with van der Waals surface area (Å²) >= 11 is 0. The minimum absolute atomic E-state index is 0.947. The number of aryl methyl sites for hydroxylation is 2. The van der Waals surface area contributed by atoms with Crippen LogP contribution in [0.25, 0.3) is 49.4 Å². The molecule has 114 valence electrons. The van der Waals surface area contributed by atoms with Crippen LogP contribution in [0.4, 0.5) is 0 Å². The number of rotatable bonds is 0. The van der Waals surface area contributed by atoms with Crippen molar-refractivity contribution in [1.82, 2.24) is 9.38 Å². The van der Waals surface area contributed by atoms with E-state index >= 15 is 0 Å². The van der Waals surface area contributed by atoms with E-state index in [9.17, 15) is 0 Å². The molecule has 0 aliphatic heterocycles. The highest BCUT2D eigenvalue weighted by Crippen LogP contribution is 2.42. The quantitative estimate of drug-likeness (QED) is 0.312. The summed E-state index contributed by atoms with van der Waals surface area (Å²) in [4.78, 5) is 4.43. The van der Waals surface area contributed by atoms with Crippen molar-refractivity contribution in [2.75, 3.05) is 0 Å². The van der Waals surface area contributed by atoms with Gasteiger partial charge in [0, 0.05) is 10.8 Å². The first-order valence-corrected chi connectivity index (χ1v) is 8.05. The van der Waals surface area contributed by atoms with Gasteiger partial charge in [0.05, 0.1) is 18.0 Å². The van der Waals surface area contributed by atoms with Gasteiger partial charge in [0.25, 0.3) is 6.33 Å². The Balaban J connectivity index is 2.18. The summed E-state index contributed by atoms with van der Waals surface area (Å²) in [7, 11) is 2.05. The second-order valence-corrected chi connectivity index (χ2v) is 6.50. The predicted octanol–water partition coefficient (Wildman–Crippen LogP) is 4.11. The van der Waals surface area contributed by atoms with E-state index in [1.807, 2.05) is 12.5 Å². The largest absolute Gasteiger partial charge is 0.454 e. The molecule has 0 spiro atoms. The van der Waals surface area contributed by atoms with E-state index in [2.05, 4.69) is 64.3 Å². The lowest BCUT2D eigenvalue weighted by atomic mass is 10.0. The Labute approximate surface area is 136 Å².